The monoisotopic (exact) mass is 389 g/mol. The number of methoxy groups -OCH3 is 2. The zero-order valence-electron chi connectivity index (χ0n) is 16.9. The zero-order chi connectivity index (χ0) is 20.7. The van der Waals surface area contributed by atoms with Crippen molar-refractivity contribution in [3.8, 4) is 11.5 Å². The number of ether oxygens (including phenoxy) is 3. The van der Waals surface area contributed by atoms with Gasteiger partial charge < -0.3 is 19.5 Å². The summed E-state index contributed by atoms with van der Waals surface area (Å²) in [5.74, 6) is 0.938. The minimum Gasteiger partial charge on any atom is -0.493 e. The van der Waals surface area contributed by atoms with Gasteiger partial charge in [-0.25, -0.2) is 4.68 Å². The number of rotatable bonds is 9. The molecular formula is C20H27N3O5. The second-order valence-electron chi connectivity index (χ2n) is 6.57. The lowest BCUT2D eigenvalue weighted by Crippen LogP contribution is -2.31. The van der Waals surface area contributed by atoms with Crippen molar-refractivity contribution < 1.29 is 23.8 Å². The van der Waals surface area contributed by atoms with Crippen molar-refractivity contribution in [3.05, 3.63) is 36.0 Å². The molecule has 8 nitrogen and oxygen atoms in total. The van der Waals surface area contributed by atoms with Gasteiger partial charge in [-0.15, -0.1) is 0 Å². The molecule has 0 aliphatic heterocycles. The molecule has 1 N–H and O–H groups in total. The molecular weight excluding hydrogens is 362 g/mol. The van der Waals surface area contributed by atoms with E-state index in [2.05, 4.69) is 10.4 Å². The summed E-state index contributed by atoms with van der Waals surface area (Å²) in [4.78, 5) is 24.4. The number of carbonyl (C=O) groups excluding carboxylic acids is 2. The summed E-state index contributed by atoms with van der Waals surface area (Å²) < 4.78 is 17.4. The molecule has 1 amide bonds. The van der Waals surface area contributed by atoms with Crippen LogP contribution in [0.25, 0.3) is 0 Å². The molecule has 1 atom stereocenters. The van der Waals surface area contributed by atoms with Crippen LogP contribution in [0.2, 0.25) is 0 Å². The maximum atomic E-state index is 12.3. The van der Waals surface area contributed by atoms with Crippen LogP contribution in [-0.2, 0) is 20.7 Å². The molecule has 2 aromatic rings. The number of nitrogens with one attached hydrogen (secondary N) is 1. The summed E-state index contributed by atoms with van der Waals surface area (Å²) in [5.41, 5.74) is 0.910. The minimum absolute atomic E-state index is 0.102. The van der Waals surface area contributed by atoms with Gasteiger partial charge in [-0.1, -0.05) is 6.07 Å². The predicted octanol–water partition coefficient (Wildman–Crippen LogP) is 2.98. The van der Waals surface area contributed by atoms with E-state index in [-0.39, 0.29) is 12.5 Å². The number of nitrogens with zero attached hydrogens (tertiary/aromatic N) is 2. The highest BCUT2D eigenvalue weighted by atomic mass is 16.5. The Hall–Kier alpha value is -3.03. The average Bonchev–Trinajstić information content (AvgIpc) is 3.14. The molecule has 1 aromatic heterocycles. The van der Waals surface area contributed by atoms with Gasteiger partial charge in [0.05, 0.1) is 20.4 Å². The molecule has 0 bridgehead atoms. The largest absolute Gasteiger partial charge is 0.493 e. The summed E-state index contributed by atoms with van der Waals surface area (Å²) in [5, 5.41) is 6.89. The quantitative estimate of drug-likeness (QED) is 0.663. The normalized spacial score (nSPS) is 11.8. The fourth-order valence-corrected chi connectivity index (χ4v) is 2.64. The molecule has 0 radical (unpaired) electrons. The summed E-state index contributed by atoms with van der Waals surface area (Å²) >= 11 is 0. The molecule has 0 spiro atoms. The number of aryl methyl sites for hydroxylation is 1. The molecule has 0 saturated heterocycles. The van der Waals surface area contributed by atoms with Gasteiger partial charge in [0.25, 0.3) is 5.91 Å². The first-order chi connectivity index (χ1) is 13.3. The standard InChI is InChI=1S/C20H27N3O5/c1-13(2)23-18(10-11-21-23)22-20(25)14(3)28-19(24)9-7-15-6-8-16(26-4)17(12-15)27-5/h6,8,10-14H,7,9H2,1-5H3,(H,22,25)/t14-/m1/s1. The Labute approximate surface area is 164 Å². The van der Waals surface area contributed by atoms with Crippen LogP contribution in [0.1, 0.15) is 38.8 Å². The maximum absolute atomic E-state index is 12.3. The lowest BCUT2D eigenvalue weighted by Gasteiger charge is -2.16. The van der Waals surface area contributed by atoms with Crippen molar-refractivity contribution in [1.82, 2.24) is 9.78 Å². The van der Waals surface area contributed by atoms with E-state index in [0.717, 1.165) is 5.56 Å². The van der Waals surface area contributed by atoms with Crippen molar-refractivity contribution in [2.24, 2.45) is 0 Å². The second-order valence-corrected chi connectivity index (χ2v) is 6.57. The number of benzene rings is 1. The zero-order valence-corrected chi connectivity index (χ0v) is 16.9. The molecule has 2 rings (SSSR count). The van der Waals surface area contributed by atoms with Gasteiger partial charge >= 0.3 is 5.97 Å². The van der Waals surface area contributed by atoms with E-state index < -0.39 is 18.0 Å². The molecule has 152 valence electrons. The van der Waals surface area contributed by atoms with Crippen LogP contribution in [0.15, 0.2) is 30.5 Å². The van der Waals surface area contributed by atoms with Gasteiger partial charge in [0.15, 0.2) is 17.6 Å². The van der Waals surface area contributed by atoms with E-state index in [0.29, 0.717) is 23.7 Å². The van der Waals surface area contributed by atoms with E-state index in [1.54, 1.807) is 44.2 Å². The van der Waals surface area contributed by atoms with Gasteiger partial charge in [-0.2, -0.15) is 5.10 Å². The Morgan fingerprint density at radius 1 is 1.11 bits per heavy atom. The Morgan fingerprint density at radius 2 is 1.82 bits per heavy atom. The molecule has 1 heterocycles. The lowest BCUT2D eigenvalue weighted by molar-refractivity contribution is -0.153. The Morgan fingerprint density at radius 3 is 2.46 bits per heavy atom. The SMILES string of the molecule is COc1ccc(CCC(=O)O[C@H](C)C(=O)Nc2ccnn2C(C)C)cc1OC. The predicted molar refractivity (Wildman–Crippen MR) is 105 cm³/mol. The Kier molecular flexibility index (Phi) is 7.43. The van der Waals surface area contributed by atoms with E-state index in [9.17, 15) is 9.59 Å². The van der Waals surface area contributed by atoms with Gasteiger partial charge in [0.1, 0.15) is 5.82 Å². The van der Waals surface area contributed by atoms with Gasteiger partial charge in [-0.05, 0) is 44.9 Å². The second kappa shape index (κ2) is 9.77. The van der Waals surface area contributed by atoms with Crippen LogP contribution < -0.4 is 14.8 Å². The summed E-state index contributed by atoms with van der Waals surface area (Å²) in [6, 6.07) is 7.26. The average molecular weight is 389 g/mol. The summed E-state index contributed by atoms with van der Waals surface area (Å²) in [6.07, 6.45) is 1.31. The van der Waals surface area contributed by atoms with Crippen molar-refractivity contribution in [1.29, 1.82) is 0 Å². The number of hydrogen-bond donors (Lipinski definition) is 1. The third-order valence-corrected chi connectivity index (χ3v) is 4.15. The van der Waals surface area contributed by atoms with Gasteiger partial charge in [0.2, 0.25) is 0 Å². The highest BCUT2D eigenvalue weighted by molar-refractivity contribution is 5.94. The van der Waals surface area contributed by atoms with E-state index in [4.69, 9.17) is 14.2 Å². The molecule has 1 aromatic carbocycles. The third kappa shape index (κ3) is 5.48. The molecule has 0 aliphatic rings. The fraction of sp³-hybridized carbons (Fsp3) is 0.450. The van der Waals surface area contributed by atoms with Crippen molar-refractivity contribution >= 4 is 17.7 Å². The van der Waals surface area contributed by atoms with Gasteiger partial charge in [-0.3, -0.25) is 9.59 Å². The molecule has 0 aliphatic carbocycles. The number of amides is 1. The van der Waals surface area contributed by atoms with Crippen LogP contribution in [0, 0.1) is 0 Å². The van der Waals surface area contributed by atoms with Crippen molar-refractivity contribution in [2.45, 2.75) is 45.8 Å². The third-order valence-electron chi connectivity index (χ3n) is 4.15. The topological polar surface area (TPSA) is 91.7 Å². The molecule has 8 heteroatoms. The first-order valence-electron chi connectivity index (χ1n) is 9.10. The highest BCUT2D eigenvalue weighted by Crippen LogP contribution is 2.28. The first kappa shape index (κ1) is 21.3. The fourth-order valence-electron chi connectivity index (χ4n) is 2.64. The van der Waals surface area contributed by atoms with Crippen LogP contribution >= 0.6 is 0 Å². The minimum atomic E-state index is -0.909. The highest BCUT2D eigenvalue weighted by Gasteiger charge is 2.20. The summed E-state index contributed by atoms with van der Waals surface area (Å²) in [6.45, 7) is 5.46. The van der Waals surface area contributed by atoms with E-state index >= 15 is 0 Å². The number of esters is 1. The van der Waals surface area contributed by atoms with Crippen LogP contribution in [0.3, 0.4) is 0 Å². The van der Waals surface area contributed by atoms with E-state index in [1.807, 2.05) is 26.0 Å². The maximum Gasteiger partial charge on any atom is 0.306 e. The summed E-state index contributed by atoms with van der Waals surface area (Å²) in [7, 11) is 3.12. The number of aromatic nitrogens is 2. The number of hydrogen-bond acceptors (Lipinski definition) is 6. The molecule has 28 heavy (non-hydrogen) atoms. The van der Waals surface area contributed by atoms with Crippen LogP contribution in [0.4, 0.5) is 5.82 Å². The number of carbonyl (C=O) groups is 2. The number of anilines is 1. The molecule has 0 fully saturated rings. The smallest absolute Gasteiger partial charge is 0.306 e. The van der Waals surface area contributed by atoms with E-state index in [1.165, 1.54) is 0 Å². The van der Waals surface area contributed by atoms with Crippen molar-refractivity contribution in [2.75, 3.05) is 19.5 Å². The lowest BCUT2D eigenvalue weighted by atomic mass is 10.1. The molecule has 0 saturated carbocycles. The van der Waals surface area contributed by atoms with Crippen LogP contribution in [0.5, 0.6) is 11.5 Å². The first-order valence-corrected chi connectivity index (χ1v) is 9.10. The van der Waals surface area contributed by atoms with Gasteiger partial charge in [0, 0.05) is 18.5 Å². The Bertz CT molecular complexity index is 816. The van der Waals surface area contributed by atoms with Crippen molar-refractivity contribution in [3.63, 3.8) is 0 Å². The molecule has 0 unspecified atom stereocenters. The Balaban J connectivity index is 1.86. The van der Waals surface area contributed by atoms with Crippen LogP contribution in [-0.4, -0.2) is 42.0 Å².